The Morgan fingerprint density at radius 1 is 1.55 bits per heavy atom. The van der Waals surface area contributed by atoms with Crippen molar-refractivity contribution >= 4 is 0 Å². The van der Waals surface area contributed by atoms with Crippen molar-refractivity contribution in [3.63, 3.8) is 0 Å². The van der Waals surface area contributed by atoms with Crippen LogP contribution in [0, 0.1) is 0 Å². The summed E-state index contributed by atoms with van der Waals surface area (Å²) < 4.78 is 0. The number of hydrogen-bond donors (Lipinski definition) is 1. The molecule has 0 aromatic carbocycles. The molecule has 0 aromatic heterocycles. The van der Waals surface area contributed by atoms with Crippen LogP contribution in [0.1, 0.15) is 26.2 Å². The molecule has 0 heterocycles. The zero-order chi connectivity index (χ0) is 8.53. The second kappa shape index (κ2) is 7.13. The predicted octanol–water partition coefficient (Wildman–Crippen LogP) is 2.76. The second-order valence-electron chi connectivity index (χ2n) is 2.44. The molecule has 0 rings (SSSR count). The van der Waals surface area contributed by atoms with Crippen molar-refractivity contribution in [1.29, 1.82) is 0 Å². The van der Waals surface area contributed by atoms with Gasteiger partial charge in [-0.25, -0.2) is 0 Å². The molecule has 11 heavy (non-hydrogen) atoms. The van der Waals surface area contributed by atoms with Gasteiger partial charge in [-0.3, -0.25) is 0 Å². The zero-order valence-electron chi connectivity index (χ0n) is 7.22. The first-order valence-electron chi connectivity index (χ1n) is 4.05. The molecule has 0 aliphatic carbocycles. The number of unbranched alkanes of at least 4 members (excludes halogenated alkanes) is 1. The smallest absolute Gasteiger partial charge is 0.00596 e. The van der Waals surface area contributed by atoms with Crippen LogP contribution in [0.3, 0.4) is 0 Å². The molecule has 0 fully saturated rings. The molecule has 1 heteroatoms. The van der Waals surface area contributed by atoms with Crippen molar-refractivity contribution in [3.8, 4) is 0 Å². The van der Waals surface area contributed by atoms with Crippen molar-refractivity contribution in [2.45, 2.75) is 26.2 Å². The largest absolute Gasteiger partial charge is 0.405 e. The van der Waals surface area contributed by atoms with Crippen LogP contribution in [0.15, 0.2) is 36.6 Å². The van der Waals surface area contributed by atoms with E-state index in [1.165, 1.54) is 18.4 Å². The standard InChI is InChI=1S/C10H17N/c1-3-5-7-10(6-4-2)8-9-11/h4,6,8-9H,2-3,5,7,11H2,1H3/b9-8-,10-6-. The fourth-order valence-electron chi connectivity index (χ4n) is 0.878. The van der Waals surface area contributed by atoms with E-state index < -0.39 is 0 Å². The highest BCUT2D eigenvalue weighted by molar-refractivity contribution is 5.22. The third kappa shape index (κ3) is 5.46. The zero-order valence-corrected chi connectivity index (χ0v) is 7.22. The fraction of sp³-hybridized carbons (Fsp3) is 0.400. The van der Waals surface area contributed by atoms with Crippen molar-refractivity contribution in [2.24, 2.45) is 5.73 Å². The maximum Gasteiger partial charge on any atom is -0.00596 e. The Morgan fingerprint density at radius 3 is 2.73 bits per heavy atom. The molecule has 0 aromatic rings. The Labute approximate surface area is 69.3 Å². The molecule has 0 spiro atoms. The topological polar surface area (TPSA) is 26.0 Å². The summed E-state index contributed by atoms with van der Waals surface area (Å²) >= 11 is 0. The van der Waals surface area contributed by atoms with Crippen LogP contribution in [0.4, 0.5) is 0 Å². The van der Waals surface area contributed by atoms with Gasteiger partial charge in [-0.2, -0.15) is 0 Å². The number of hydrogen-bond acceptors (Lipinski definition) is 1. The predicted molar refractivity (Wildman–Crippen MR) is 51.1 cm³/mol. The first kappa shape index (κ1) is 10.0. The summed E-state index contributed by atoms with van der Waals surface area (Å²) in [6.07, 6.45) is 10.8. The van der Waals surface area contributed by atoms with Gasteiger partial charge in [-0.05, 0) is 30.7 Å². The van der Waals surface area contributed by atoms with Gasteiger partial charge in [0.15, 0.2) is 0 Å². The lowest BCUT2D eigenvalue weighted by molar-refractivity contribution is 0.798. The van der Waals surface area contributed by atoms with Crippen LogP contribution in [-0.2, 0) is 0 Å². The van der Waals surface area contributed by atoms with Crippen molar-refractivity contribution in [1.82, 2.24) is 0 Å². The van der Waals surface area contributed by atoms with Gasteiger partial charge in [0.05, 0.1) is 0 Å². The number of nitrogens with two attached hydrogens (primary N) is 1. The lowest BCUT2D eigenvalue weighted by atomic mass is 10.1. The average molecular weight is 151 g/mol. The van der Waals surface area contributed by atoms with E-state index in [0.717, 1.165) is 6.42 Å². The minimum Gasteiger partial charge on any atom is -0.405 e. The highest BCUT2D eigenvalue weighted by Crippen LogP contribution is 2.07. The Morgan fingerprint density at radius 2 is 2.27 bits per heavy atom. The third-order valence-electron chi connectivity index (χ3n) is 1.46. The maximum atomic E-state index is 5.28. The normalized spacial score (nSPS) is 12.3. The van der Waals surface area contributed by atoms with Gasteiger partial charge in [0.25, 0.3) is 0 Å². The average Bonchev–Trinajstić information content (AvgIpc) is 2.01. The Balaban J connectivity index is 3.89. The van der Waals surface area contributed by atoms with E-state index >= 15 is 0 Å². The quantitative estimate of drug-likeness (QED) is 0.601. The van der Waals surface area contributed by atoms with Crippen molar-refractivity contribution < 1.29 is 0 Å². The van der Waals surface area contributed by atoms with E-state index in [1.54, 1.807) is 12.3 Å². The molecular formula is C10H17N. The SMILES string of the molecule is C=C/C=C(\C=C/N)CCCC. The minimum atomic E-state index is 1.09. The summed E-state index contributed by atoms with van der Waals surface area (Å²) in [5.74, 6) is 0. The molecule has 0 amide bonds. The van der Waals surface area contributed by atoms with E-state index in [0.29, 0.717) is 0 Å². The van der Waals surface area contributed by atoms with Gasteiger partial charge in [-0.1, -0.05) is 32.1 Å². The summed E-state index contributed by atoms with van der Waals surface area (Å²) in [4.78, 5) is 0. The molecule has 1 nitrogen and oxygen atoms in total. The van der Waals surface area contributed by atoms with Gasteiger partial charge in [0.1, 0.15) is 0 Å². The maximum absolute atomic E-state index is 5.28. The first-order chi connectivity index (χ1) is 5.35. The monoisotopic (exact) mass is 151 g/mol. The molecule has 62 valence electrons. The second-order valence-corrected chi connectivity index (χ2v) is 2.44. The van der Waals surface area contributed by atoms with Crippen LogP contribution >= 0.6 is 0 Å². The molecular weight excluding hydrogens is 134 g/mol. The Bertz CT molecular complexity index is 154. The van der Waals surface area contributed by atoms with Gasteiger partial charge in [0.2, 0.25) is 0 Å². The summed E-state index contributed by atoms with van der Waals surface area (Å²) in [5.41, 5.74) is 6.53. The lowest BCUT2D eigenvalue weighted by Gasteiger charge is -1.97. The minimum absolute atomic E-state index is 1.09. The molecule has 2 N–H and O–H groups in total. The summed E-state index contributed by atoms with van der Waals surface area (Å²) in [7, 11) is 0. The molecule has 0 saturated heterocycles. The van der Waals surface area contributed by atoms with Crippen LogP contribution in [0.2, 0.25) is 0 Å². The van der Waals surface area contributed by atoms with E-state index in [-0.39, 0.29) is 0 Å². The molecule has 0 aliphatic heterocycles. The van der Waals surface area contributed by atoms with Gasteiger partial charge < -0.3 is 5.73 Å². The molecule has 0 unspecified atom stereocenters. The highest BCUT2D eigenvalue weighted by atomic mass is 14.5. The summed E-state index contributed by atoms with van der Waals surface area (Å²) in [6, 6.07) is 0. The van der Waals surface area contributed by atoms with E-state index in [1.807, 2.05) is 12.2 Å². The Kier molecular flexibility index (Phi) is 6.50. The fourth-order valence-corrected chi connectivity index (χ4v) is 0.878. The lowest BCUT2D eigenvalue weighted by Crippen LogP contribution is -1.82. The third-order valence-corrected chi connectivity index (χ3v) is 1.46. The number of rotatable bonds is 5. The van der Waals surface area contributed by atoms with Crippen LogP contribution < -0.4 is 5.73 Å². The van der Waals surface area contributed by atoms with Crippen LogP contribution in [0.25, 0.3) is 0 Å². The van der Waals surface area contributed by atoms with Gasteiger partial charge in [0, 0.05) is 0 Å². The van der Waals surface area contributed by atoms with Crippen LogP contribution in [0.5, 0.6) is 0 Å². The Hall–Kier alpha value is -0.980. The number of allylic oxidation sites excluding steroid dienone is 4. The van der Waals surface area contributed by atoms with Crippen LogP contribution in [-0.4, -0.2) is 0 Å². The van der Waals surface area contributed by atoms with E-state index in [9.17, 15) is 0 Å². The first-order valence-corrected chi connectivity index (χ1v) is 4.05. The van der Waals surface area contributed by atoms with Gasteiger partial charge >= 0.3 is 0 Å². The summed E-state index contributed by atoms with van der Waals surface area (Å²) in [6.45, 7) is 5.82. The van der Waals surface area contributed by atoms with E-state index in [2.05, 4.69) is 13.5 Å². The van der Waals surface area contributed by atoms with E-state index in [4.69, 9.17) is 5.73 Å². The van der Waals surface area contributed by atoms with Crippen molar-refractivity contribution in [3.05, 3.63) is 36.6 Å². The molecule has 0 saturated carbocycles. The summed E-state index contributed by atoms with van der Waals surface area (Å²) in [5, 5.41) is 0. The van der Waals surface area contributed by atoms with Gasteiger partial charge in [-0.15, -0.1) is 0 Å². The van der Waals surface area contributed by atoms with Crippen molar-refractivity contribution in [2.75, 3.05) is 0 Å². The molecule has 0 atom stereocenters. The highest BCUT2D eigenvalue weighted by Gasteiger charge is 1.88. The molecule has 0 radical (unpaired) electrons. The molecule has 0 aliphatic rings. The molecule has 0 bridgehead atoms.